The number of benzene rings is 3. The summed E-state index contributed by atoms with van der Waals surface area (Å²) in [6.07, 6.45) is 3.74. The number of amides is 1. The molecule has 0 bridgehead atoms. The zero-order valence-corrected chi connectivity index (χ0v) is 18.8. The summed E-state index contributed by atoms with van der Waals surface area (Å²) in [5, 5.41) is 11.3. The molecule has 2 heterocycles. The van der Waals surface area contributed by atoms with Crippen LogP contribution in [0.2, 0.25) is 0 Å². The molecular weight excluding hydrogens is 424 g/mol. The molecule has 34 heavy (non-hydrogen) atoms. The van der Waals surface area contributed by atoms with E-state index in [0.29, 0.717) is 31.7 Å². The molecule has 0 saturated carbocycles. The molecule has 1 aliphatic heterocycles. The van der Waals surface area contributed by atoms with E-state index in [4.69, 9.17) is 4.74 Å². The van der Waals surface area contributed by atoms with Gasteiger partial charge in [-0.05, 0) is 35.7 Å². The molecule has 5 rings (SSSR count). The van der Waals surface area contributed by atoms with Crippen molar-refractivity contribution in [2.75, 3.05) is 11.9 Å². The van der Waals surface area contributed by atoms with Crippen LogP contribution in [0.1, 0.15) is 27.0 Å². The largest absolute Gasteiger partial charge is 0.491 e. The van der Waals surface area contributed by atoms with Crippen LogP contribution in [0, 0.1) is 0 Å². The van der Waals surface area contributed by atoms with Crippen molar-refractivity contribution in [1.82, 2.24) is 15.1 Å². The van der Waals surface area contributed by atoms with Gasteiger partial charge in [-0.1, -0.05) is 66.7 Å². The predicted octanol–water partition coefficient (Wildman–Crippen LogP) is 4.73. The number of para-hydroxylation sites is 2. The Hall–Kier alpha value is -4.19. The lowest BCUT2D eigenvalue weighted by Crippen LogP contribution is -2.44. The molecule has 0 unspecified atom stereocenters. The van der Waals surface area contributed by atoms with Crippen molar-refractivity contribution in [3.8, 4) is 5.75 Å². The Morgan fingerprint density at radius 1 is 0.912 bits per heavy atom. The highest BCUT2D eigenvalue weighted by Gasteiger charge is 2.28. The lowest BCUT2D eigenvalue weighted by molar-refractivity contribution is 0.0591. The molecule has 3 aromatic carbocycles. The van der Waals surface area contributed by atoms with Gasteiger partial charge in [-0.15, -0.1) is 0 Å². The Balaban J connectivity index is 1.58. The van der Waals surface area contributed by atoms with E-state index in [2.05, 4.69) is 45.8 Å². The normalized spacial score (nSPS) is 15.6. The number of anilines is 1. The molecule has 0 fully saturated rings. The number of carbonyl (C=O) groups is 1. The molecule has 0 aliphatic carbocycles. The van der Waals surface area contributed by atoms with E-state index in [1.807, 2.05) is 53.4 Å². The van der Waals surface area contributed by atoms with Gasteiger partial charge < -0.3 is 15.0 Å². The molecule has 170 valence electrons. The van der Waals surface area contributed by atoms with Crippen molar-refractivity contribution in [3.63, 3.8) is 0 Å². The van der Waals surface area contributed by atoms with Gasteiger partial charge in [0.2, 0.25) is 0 Å². The van der Waals surface area contributed by atoms with E-state index in [0.717, 1.165) is 28.1 Å². The second-order valence-corrected chi connectivity index (χ2v) is 8.34. The summed E-state index contributed by atoms with van der Waals surface area (Å²) in [6, 6.07) is 27.9. The summed E-state index contributed by atoms with van der Waals surface area (Å²) in [5.41, 5.74) is 4.79. The molecule has 1 atom stereocenters. The third-order valence-corrected chi connectivity index (χ3v) is 6.08. The monoisotopic (exact) mass is 450 g/mol. The summed E-state index contributed by atoms with van der Waals surface area (Å²) in [4.78, 5) is 15.7. The van der Waals surface area contributed by atoms with Crippen molar-refractivity contribution in [1.29, 1.82) is 0 Å². The van der Waals surface area contributed by atoms with Gasteiger partial charge in [0, 0.05) is 24.3 Å². The average Bonchev–Trinajstić information content (AvgIpc) is 2.93. The number of carbonyl (C=O) groups excluding carboxylic acids is 1. The van der Waals surface area contributed by atoms with Crippen LogP contribution in [0.25, 0.3) is 0 Å². The van der Waals surface area contributed by atoms with E-state index < -0.39 is 0 Å². The highest BCUT2D eigenvalue weighted by Crippen LogP contribution is 2.26. The summed E-state index contributed by atoms with van der Waals surface area (Å²) in [7, 11) is 0. The van der Waals surface area contributed by atoms with Crippen molar-refractivity contribution in [2.24, 2.45) is 0 Å². The number of aromatic nitrogens is 2. The Morgan fingerprint density at radius 2 is 1.68 bits per heavy atom. The van der Waals surface area contributed by atoms with Crippen molar-refractivity contribution in [2.45, 2.75) is 25.6 Å². The highest BCUT2D eigenvalue weighted by atomic mass is 16.5. The maximum atomic E-state index is 13.8. The predicted molar refractivity (Wildman–Crippen MR) is 132 cm³/mol. The topological polar surface area (TPSA) is 67.4 Å². The van der Waals surface area contributed by atoms with Crippen LogP contribution in [0.15, 0.2) is 97.3 Å². The zero-order valence-electron chi connectivity index (χ0n) is 18.8. The number of nitrogens with one attached hydrogen (secondary N) is 1. The molecule has 1 aliphatic rings. The van der Waals surface area contributed by atoms with Gasteiger partial charge in [-0.2, -0.15) is 10.2 Å². The maximum absolute atomic E-state index is 13.8. The Morgan fingerprint density at radius 3 is 2.50 bits per heavy atom. The lowest BCUT2D eigenvalue weighted by Gasteiger charge is -2.32. The number of ether oxygens (including phenoxy) is 1. The number of nitrogens with zero attached hydrogens (tertiary/aromatic N) is 3. The second kappa shape index (κ2) is 10.2. The van der Waals surface area contributed by atoms with Crippen LogP contribution in [0.3, 0.4) is 0 Å². The first-order chi connectivity index (χ1) is 16.8. The standard InChI is InChI=1S/C28H26N4O2/c33-28(23-14-15-30-31-18-23)32-19-24-11-4-6-12-26(24)29-17-22-10-5-7-13-27(22)34-20-25(32)16-21-8-2-1-3-9-21/h1-15,18,25,29H,16-17,19-20H2/t25-/m0/s1. The highest BCUT2D eigenvalue weighted by molar-refractivity contribution is 5.94. The van der Waals surface area contributed by atoms with Gasteiger partial charge in [-0.25, -0.2) is 0 Å². The van der Waals surface area contributed by atoms with Crippen LogP contribution in [-0.4, -0.2) is 33.7 Å². The summed E-state index contributed by atoms with van der Waals surface area (Å²) in [5.74, 6) is 0.729. The number of rotatable bonds is 3. The first kappa shape index (κ1) is 21.6. The van der Waals surface area contributed by atoms with Crippen LogP contribution < -0.4 is 10.1 Å². The van der Waals surface area contributed by atoms with Gasteiger partial charge in [0.05, 0.1) is 24.0 Å². The fourth-order valence-electron chi connectivity index (χ4n) is 4.28. The number of hydrogen-bond acceptors (Lipinski definition) is 5. The van der Waals surface area contributed by atoms with E-state index in [-0.39, 0.29) is 11.9 Å². The Kier molecular flexibility index (Phi) is 6.47. The SMILES string of the molecule is O=C(c1ccnnc1)N1Cc2ccccc2NCc2ccccc2OC[C@@H]1Cc1ccccc1. The molecule has 6 nitrogen and oxygen atoms in total. The quantitative estimate of drug-likeness (QED) is 0.489. The van der Waals surface area contributed by atoms with Crippen molar-refractivity contribution in [3.05, 3.63) is 120 Å². The molecule has 4 aromatic rings. The molecule has 1 amide bonds. The minimum Gasteiger partial charge on any atom is -0.491 e. The van der Waals surface area contributed by atoms with Crippen LogP contribution in [-0.2, 0) is 19.5 Å². The van der Waals surface area contributed by atoms with Gasteiger partial charge in [0.15, 0.2) is 0 Å². The molecule has 0 saturated heterocycles. The lowest BCUT2D eigenvalue weighted by atomic mass is 10.0. The van der Waals surface area contributed by atoms with Gasteiger partial charge in [0.1, 0.15) is 12.4 Å². The fourth-order valence-corrected chi connectivity index (χ4v) is 4.28. The summed E-state index contributed by atoms with van der Waals surface area (Å²) >= 11 is 0. The Bertz CT molecular complexity index is 1250. The minimum atomic E-state index is -0.192. The summed E-state index contributed by atoms with van der Waals surface area (Å²) < 4.78 is 6.36. The third kappa shape index (κ3) is 4.91. The fraction of sp³-hybridized carbons (Fsp3) is 0.179. The molecule has 1 N–H and O–H groups in total. The van der Waals surface area contributed by atoms with Crippen molar-refractivity contribution < 1.29 is 9.53 Å². The Labute approximate surface area is 199 Å². The van der Waals surface area contributed by atoms with Gasteiger partial charge in [0.25, 0.3) is 5.91 Å². The molecular formula is C28H26N4O2. The average molecular weight is 451 g/mol. The van der Waals surface area contributed by atoms with E-state index in [9.17, 15) is 4.79 Å². The maximum Gasteiger partial charge on any atom is 0.256 e. The van der Waals surface area contributed by atoms with E-state index >= 15 is 0 Å². The molecule has 0 spiro atoms. The van der Waals surface area contributed by atoms with E-state index in [1.165, 1.54) is 6.20 Å². The van der Waals surface area contributed by atoms with Crippen molar-refractivity contribution >= 4 is 11.6 Å². The smallest absolute Gasteiger partial charge is 0.256 e. The third-order valence-electron chi connectivity index (χ3n) is 6.08. The molecule has 6 heteroatoms. The zero-order chi connectivity index (χ0) is 23.2. The molecule has 1 aromatic heterocycles. The first-order valence-corrected chi connectivity index (χ1v) is 11.4. The number of hydrogen-bond donors (Lipinski definition) is 1. The van der Waals surface area contributed by atoms with E-state index in [1.54, 1.807) is 12.3 Å². The van der Waals surface area contributed by atoms with Gasteiger partial charge in [-0.3, -0.25) is 4.79 Å². The number of fused-ring (bicyclic) bond motifs is 2. The van der Waals surface area contributed by atoms with Crippen LogP contribution in [0.5, 0.6) is 5.75 Å². The summed E-state index contributed by atoms with van der Waals surface area (Å²) in [6.45, 7) is 1.46. The van der Waals surface area contributed by atoms with Gasteiger partial charge >= 0.3 is 0 Å². The second-order valence-electron chi connectivity index (χ2n) is 8.34. The first-order valence-electron chi connectivity index (χ1n) is 11.4. The molecule has 0 radical (unpaired) electrons. The van der Waals surface area contributed by atoms with Crippen LogP contribution in [0.4, 0.5) is 5.69 Å². The van der Waals surface area contributed by atoms with Crippen LogP contribution >= 0.6 is 0 Å². The minimum absolute atomic E-state index is 0.0956.